The van der Waals surface area contributed by atoms with E-state index in [4.69, 9.17) is 10.5 Å². The third kappa shape index (κ3) is 4.56. The number of amides is 1. The molecule has 1 saturated heterocycles. The van der Waals surface area contributed by atoms with Crippen molar-refractivity contribution in [3.05, 3.63) is 22.2 Å². The van der Waals surface area contributed by atoms with E-state index in [-0.39, 0.29) is 28.8 Å². The molecule has 2 rings (SSSR count). The molecule has 0 aromatic carbocycles. The molecule has 0 aliphatic carbocycles. The number of nitrogens with two attached hydrogens (primary N) is 1. The minimum Gasteiger partial charge on any atom is -0.383 e. The van der Waals surface area contributed by atoms with Crippen LogP contribution in [0.15, 0.2) is 10.9 Å². The second kappa shape index (κ2) is 6.26. The van der Waals surface area contributed by atoms with Crippen LogP contribution < -0.4 is 16.6 Å². The first-order valence-corrected chi connectivity index (χ1v) is 7.13. The molecule has 0 spiro atoms. The molecule has 0 saturated carbocycles. The summed E-state index contributed by atoms with van der Waals surface area (Å²) in [5.74, 6) is 0.665. The third-order valence-electron chi connectivity index (χ3n) is 3.54. The lowest BCUT2D eigenvalue weighted by Gasteiger charge is -2.34. The lowest BCUT2D eigenvalue weighted by Crippen LogP contribution is -2.42. The van der Waals surface area contributed by atoms with Crippen molar-refractivity contribution in [1.82, 2.24) is 15.3 Å². The van der Waals surface area contributed by atoms with Crippen molar-refractivity contribution < 1.29 is 9.53 Å². The highest BCUT2D eigenvalue weighted by Crippen LogP contribution is 2.28. The van der Waals surface area contributed by atoms with Crippen LogP contribution >= 0.6 is 0 Å². The van der Waals surface area contributed by atoms with Crippen molar-refractivity contribution in [3.63, 3.8) is 0 Å². The molecule has 116 valence electrons. The Labute approximate surface area is 123 Å². The lowest BCUT2D eigenvalue weighted by atomic mass is 9.88. The Balaban J connectivity index is 1.83. The van der Waals surface area contributed by atoms with Gasteiger partial charge >= 0.3 is 0 Å². The maximum absolute atomic E-state index is 12.1. The average molecular weight is 294 g/mol. The molecule has 0 radical (unpaired) electrons. The lowest BCUT2D eigenvalue weighted by molar-refractivity contribution is -0.135. The number of H-pyrrole nitrogens is 1. The Morgan fingerprint density at radius 3 is 3.05 bits per heavy atom. The summed E-state index contributed by atoms with van der Waals surface area (Å²) in [5, 5.41) is 2.88. The van der Waals surface area contributed by atoms with Gasteiger partial charge in [0, 0.05) is 31.6 Å². The minimum atomic E-state index is -0.282. The summed E-state index contributed by atoms with van der Waals surface area (Å²) in [6.07, 6.45) is 1.90. The van der Waals surface area contributed by atoms with Gasteiger partial charge < -0.3 is 20.8 Å². The van der Waals surface area contributed by atoms with E-state index in [0.29, 0.717) is 31.8 Å². The monoisotopic (exact) mass is 294 g/mol. The van der Waals surface area contributed by atoms with Crippen LogP contribution in [0.5, 0.6) is 0 Å². The van der Waals surface area contributed by atoms with Gasteiger partial charge in [-0.2, -0.15) is 0 Å². The number of nitrogens with zero attached hydrogens (tertiary/aromatic N) is 1. The molecule has 1 aliphatic rings. The molecule has 0 bridgehead atoms. The van der Waals surface area contributed by atoms with Crippen LogP contribution in [0.2, 0.25) is 0 Å². The highest BCUT2D eigenvalue weighted by molar-refractivity contribution is 5.78. The fourth-order valence-electron chi connectivity index (χ4n) is 2.55. The molecule has 7 nitrogen and oxygen atoms in total. The quantitative estimate of drug-likeness (QED) is 0.735. The first-order chi connectivity index (χ1) is 9.85. The Kier molecular flexibility index (Phi) is 4.62. The molecule has 2 heterocycles. The number of carbonyl (C=O) groups excluding carboxylic acids is 1. The predicted molar refractivity (Wildman–Crippen MR) is 78.7 cm³/mol. The van der Waals surface area contributed by atoms with Crippen molar-refractivity contribution in [1.29, 1.82) is 0 Å². The fourth-order valence-corrected chi connectivity index (χ4v) is 2.55. The van der Waals surface area contributed by atoms with E-state index in [1.807, 2.05) is 13.8 Å². The number of aromatic amines is 1. The molecule has 21 heavy (non-hydrogen) atoms. The number of ether oxygens (including phenoxy) is 1. The molecule has 1 unspecified atom stereocenters. The smallest absolute Gasteiger partial charge is 0.252 e. The van der Waals surface area contributed by atoms with Crippen molar-refractivity contribution in [2.24, 2.45) is 5.92 Å². The second-order valence-corrected chi connectivity index (χ2v) is 5.96. The number of hydrogen-bond acceptors (Lipinski definition) is 5. The van der Waals surface area contributed by atoms with Gasteiger partial charge in [0.05, 0.1) is 5.60 Å². The number of carbonyl (C=O) groups is 1. The van der Waals surface area contributed by atoms with E-state index in [9.17, 15) is 9.59 Å². The van der Waals surface area contributed by atoms with Gasteiger partial charge in [-0.05, 0) is 26.7 Å². The minimum absolute atomic E-state index is 0.0256. The van der Waals surface area contributed by atoms with Gasteiger partial charge in [0.25, 0.3) is 5.56 Å². The summed E-state index contributed by atoms with van der Waals surface area (Å²) in [6.45, 7) is 5.01. The Morgan fingerprint density at radius 2 is 2.38 bits per heavy atom. The van der Waals surface area contributed by atoms with Crippen LogP contribution in [0.1, 0.15) is 32.5 Å². The van der Waals surface area contributed by atoms with Crippen LogP contribution in [0.25, 0.3) is 0 Å². The molecule has 1 fully saturated rings. The molecule has 1 atom stereocenters. The maximum atomic E-state index is 12.1. The zero-order valence-electron chi connectivity index (χ0n) is 12.4. The van der Waals surface area contributed by atoms with Gasteiger partial charge in [0.15, 0.2) is 0 Å². The number of hydrogen-bond donors (Lipinski definition) is 3. The van der Waals surface area contributed by atoms with Crippen molar-refractivity contribution >= 4 is 11.7 Å². The average Bonchev–Trinajstić information content (AvgIpc) is 2.36. The Hall–Kier alpha value is -1.89. The summed E-state index contributed by atoms with van der Waals surface area (Å²) in [5.41, 5.74) is 4.97. The van der Waals surface area contributed by atoms with E-state index in [0.717, 1.165) is 6.42 Å². The Morgan fingerprint density at radius 1 is 1.62 bits per heavy atom. The van der Waals surface area contributed by atoms with Crippen LogP contribution in [0, 0.1) is 5.92 Å². The van der Waals surface area contributed by atoms with E-state index in [2.05, 4.69) is 15.3 Å². The van der Waals surface area contributed by atoms with E-state index >= 15 is 0 Å². The topological polar surface area (TPSA) is 110 Å². The SMILES string of the molecule is CC1(C)CC(C(=O)NCCc2nc(N)cc(=O)[nH]2)CCO1. The predicted octanol–water partition coefficient (Wildman–Crippen LogP) is 0.216. The first kappa shape index (κ1) is 15.5. The van der Waals surface area contributed by atoms with Crippen LogP contribution in [0.3, 0.4) is 0 Å². The van der Waals surface area contributed by atoms with Gasteiger partial charge in [-0.1, -0.05) is 0 Å². The molecule has 1 aromatic rings. The van der Waals surface area contributed by atoms with Crippen LogP contribution in [-0.4, -0.2) is 34.6 Å². The highest BCUT2D eigenvalue weighted by atomic mass is 16.5. The van der Waals surface area contributed by atoms with Crippen LogP contribution in [-0.2, 0) is 16.0 Å². The van der Waals surface area contributed by atoms with Crippen molar-refractivity contribution in [2.75, 3.05) is 18.9 Å². The third-order valence-corrected chi connectivity index (χ3v) is 3.54. The number of aromatic nitrogens is 2. The summed E-state index contributed by atoms with van der Waals surface area (Å²) in [6, 6.07) is 1.23. The zero-order chi connectivity index (χ0) is 15.5. The van der Waals surface area contributed by atoms with E-state index in [1.165, 1.54) is 6.07 Å². The number of anilines is 1. The van der Waals surface area contributed by atoms with Crippen LogP contribution in [0.4, 0.5) is 5.82 Å². The molecular weight excluding hydrogens is 272 g/mol. The largest absolute Gasteiger partial charge is 0.383 e. The molecule has 1 aliphatic heterocycles. The normalized spacial score (nSPS) is 21.0. The van der Waals surface area contributed by atoms with E-state index in [1.54, 1.807) is 0 Å². The van der Waals surface area contributed by atoms with Crippen molar-refractivity contribution in [3.8, 4) is 0 Å². The number of rotatable bonds is 4. The highest BCUT2D eigenvalue weighted by Gasteiger charge is 2.32. The summed E-state index contributed by atoms with van der Waals surface area (Å²) in [7, 11) is 0. The van der Waals surface area contributed by atoms with Gasteiger partial charge in [-0.15, -0.1) is 0 Å². The first-order valence-electron chi connectivity index (χ1n) is 7.13. The van der Waals surface area contributed by atoms with Gasteiger partial charge in [0.2, 0.25) is 5.91 Å². The maximum Gasteiger partial charge on any atom is 0.252 e. The standard InChI is InChI=1S/C14H22N4O3/c1-14(2)8-9(4-6-21-14)13(20)16-5-3-11-17-10(15)7-12(19)18-11/h7,9H,3-6,8H2,1-2H3,(H,16,20)(H3,15,17,18,19). The number of nitrogen functional groups attached to an aromatic ring is 1. The molecule has 7 heteroatoms. The van der Waals surface area contributed by atoms with Gasteiger partial charge in [-0.25, -0.2) is 4.98 Å². The number of nitrogens with one attached hydrogen (secondary N) is 2. The Bertz CT molecular complexity index is 568. The van der Waals surface area contributed by atoms with Gasteiger partial charge in [0.1, 0.15) is 11.6 Å². The molecule has 1 aromatic heterocycles. The molecule has 4 N–H and O–H groups in total. The fraction of sp³-hybridized carbons (Fsp3) is 0.643. The van der Waals surface area contributed by atoms with E-state index < -0.39 is 0 Å². The second-order valence-electron chi connectivity index (χ2n) is 5.96. The molecular formula is C14H22N4O3. The molecule has 1 amide bonds. The van der Waals surface area contributed by atoms with Gasteiger partial charge in [-0.3, -0.25) is 9.59 Å². The zero-order valence-corrected chi connectivity index (χ0v) is 12.4. The summed E-state index contributed by atoms with van der Waals surface area (Å²) < 4.78 is 5.60. The summed E-state index contributed by atoms with van der Waals surface area (Å²) >= 11 is 0. The van der Waals surface area contributed by atoms with Crippen molar-refractivity contribution in [2.45, 2.75) is 38.7 Å². The summed E-state index contributed by atoms with van der Waals surface area (Å²) in [4.78, 5) is 30.0.